The summed E-state index contributed by atoms with van der Waals surface area (Å²) >= 11 is 9.29. The van der Waals surface area contributed by atoms with Crippen LogP contribution in [-0.2, 0) is 32.3 Å². The average Bonchev–Trinajstić information content (AvgIpc) is 2.84. The largest absolute Gasteiger partial charge is 0.461 e. The lowest BCUT2D eigenvalue weighted by Crippen LogP contribution is -2.45. The molecule has 0 aliphatic heterocycles. The highest BCUT2D eigenvalue weighted by atomic mass is 79.9. The Balaban J connectivity index is 1.63. The Bertz CT molecular complexity index is 1070. The van der Waals surface area contributed by atoms with Gasteiger partial charge in [0.15, 0.2) is 0 Å². The Morgan fingerprint density at radius 1 is 0.853 bits per heavy atom. The standard InChI is InChI=1S/C25H22BrClN2O5/c26-20-13-19(11-12-21(20)27)28-24(31)22(14-23(30)33-15-17-7-3-1-4-8-17)29-25(32)34-16-18-9-5-2-6-10-18/h1-13,22H,14-16H2,(H,28,31)(H,29,32)/t22-/m0/s1. The van der Waals surface area contributed by atoms with Crippen molar-refractivity contribution in [2.45, 2.75) is 25.7 Å². The van der Waals surface area contributed by atoms with Crippen molar-refractivity contribution in [3.05, 3.63) is 99.5 Å². The summed E-state index contributed by atoms with van der Waals surface area (Å²) in [5.41, 5.74) is 2.02. The van der Waals surface area contributed by atoms with Gasteiger partial charge >= 0.3 is 12.1 Å². The van der Waals surface area contributed by atoms with Gasteiger partial charge in [0.1, 0.15) is 19.3 Å². The van der Waals surface area contributed by atoms with E-state index >= 15 is 0 Å². The third kappa shape index (κ3) is 8.20. The number of ether oxygens (including phenoxy) is 2. The van der Waals surface area contributed by atoms with E-state index in [1.165, 1.54) is 0 Å². The molecule has 3 aromatic rings. The maximum atomic E-state index is 12.9. The second-order valence-corrected chi connectivity index (χ2v) is 8.49. The van der Waals surface area contributed by atoms with E-state index in [2.05, 4.69) is 26.6 Å². The van der Waals surface area contributed by atoms with Gasteiger partial charge in [-0.3, -0.25) is 9.59 Å². The van der Waals surface area contributed by atoms with E-state index in [1.807, 2.05) is 48.5 Å². The molecule has 0 heterocycles. The van der Waals surface area contributed by atoms with Crippen molar-refractivity contribution >= 4 is 51.2 Å². The molecule has 0 aromatic heterocycles. The Morgan fingerprint density at radius 3 is 2.03 bits per heavy atom. The summed E-state index contributed by atoms with van der Waals surface area (Å²) in [5.74, 6) is -1.26. The number of halogens is 2. The van der Waals surface area contributed by atoms with Crippen LogP contribution < -0.4 is 10.6 Å². The van der Waals surface area contributed by atoms with Gasteiger partial charge in [0.05, 0.1) is 11.4 Å². The molecule has 2 N–H and O–H groups in total. The summed E-state index contributed by atoms with van der Waals surface area (Å²) in [5, 5.41) is 5.59. The zero-order valence-corrected chi connectivity index (χ0v) is 20.3. The molecule has 7 nitrogen and oxygen atoms in total. The van der Waals surface area contributed by atoms with Crippen LogP contribution >= 0.6 is 27.5 Å². The molecule has 0 unspecified atom stereocenters. The number of carbonyl (C=O) groups is 3. The van der Waals surface area contributed by atoms with Gasteiger partial charge in [-0.2, -0.15) is 0 Å². The highest BCUT2D eigenvalue weighted by Crippen LogP contribution is 2.25. The third-order valence-corrected chi connectivity index (χ3v) is 5.84. The minimum absolute atomic E-state index is 0.0175. The molecule has 1 atom stereocenters. The minimum Gasteiger partial charge on any atom is -0.461 e. The molecule has 0 fully saturated rings. The maximum absolute atomic E-state index is 12.9. The molecule has 0 saturated heterocycles. The van der Waals surface area contributed by atoms with Gasteiger partial charge in [0, 0.05) is 10.2 Å². The molecule has 0 bridgehead atoms. The first-order chi connectivity index (χ1) is 16.4. The fraction of sp³-hybridized carbons (Fsp3) is 0.160. The molecule has 34 heavy (non-hydrogen) atoms. The van der Waals surface area contributed by atoms with E-state index in [-0.39, 0.29) is 19.6 Å². The number of esters is 1. The second kappa shape index (κ2) is 12.8. The van der Waals surface area contributed by atoms with E-state index in [1.54, 1.807) is 30.3 Å². The Kier molecular flexibility index (Phi) is 9.49. The molecule has 176 valence electrons. The van der Waals surface area contributed by atoms with Gasteiger partial charge in [-0.25, -0.2) is 4.79 Å². The summed E-state index contributed by atoms with van der Waals surface area (Å²) in [6.07, 6.45) is -1.22. The van der Waals surface area contributed by atoms with Crippen molar-refractivity contribution in [3.63, 3.8) is 0 Å². The van der Waals surface area contributed by atoms with Gasteiger partial charge in [0.2, 0.25) is 5.91 Å². The highest BCUT2D eigenvalue weighted by Gasteiger charge is 2.26. The van der Waals surface area contributed by atoms with Gasteiger partial charge < -0.3 is 20.1 Å². The van der Waals surface area contributed by atoms with Crippen molar-refractivity contribution < 1.29 is 23.9 Å². The Morgan fingerprint density at radius 2 is 1.44 bits per heavy atom. The van der Waals surface area contributed by atoms with E-state index in [0.717, 1.165) is 11.1 Å². The van der Waals surface area contributed by atoms with Crippen LogP contribution in [0.2, 0.25) is 5.02 Å². The van der Waals surface area contributed by atoms with Crippen LogP contribution in [-0.4, -0.2) is 24.0 Å². The predicted octanol–water partition coefficient (Wildman–Crippen LogP) is 5.47. The van der Waals surface area contributed by atoms with Crippen LogP contribution in [0.1, 0.15) is 17.5 Å². The summed E-state index contributed by atoms with van der Waals surface area (Å²) < 4.78 is 11.1. The van der Waals surface area contributed by atoms with Crippen LogP contribution in [0, 0.1) is 0 Å². The summed E-state index contributed by atoms with van der Waals surface area (Å²) in [7, 11) is 0. The molecule has 9 heteroatoms. The van der Waals surface area contributed by atoms with Crippen LogP contribution in [0.15, 0.2) is 83.3 Å². The molecular formula is C25H22BrClN2O5. The summed E-state index contributed by atoms with van der Waals surface area (Å²) in [4.78, 5) is 37.7. The third-order valence-electron chi connectivity index (χ3n) is 4.62. The number of amides is 2. The lowest BCUT2D eigenvalue weighted by Gasteiger charge is -2.18. The quantitative estimate of drug-likeness (QED) is 0.348. The number of nitrogens with one attached hydrogen (secondary N) is 2. The predicted molar refractivity (Wildman–Crippen MR) is 132 cm³/mol. The topological polar surface area (TPSA) is 93.7 Å². The van der Waals surface area contributed by atoms with E-state index in [9.17, 15) is 14.4 Å². The Labute approximate surface area is 210 Å². The van der Waals surface area contributed by atoms with Gasteiger partial charge in [-0.15, -0.1) is 0 Å². The number of carbonyl (C=O) groups excluding carboxylic acids is 3. The van der Waals surface area contributed by atoms with Crippen LogP contribution in [0.5, 0.6) is 0 Å². The zero-order valence-electron chi connectivity index (χ0n) is 18.0. The first-order valence-electron chi connectivity index (χ1n) is 10.3. The Hall–Kier alpha value is -3.36. The number of hydrogen-bond acceptors (Lipinski definition) is 5. The van der Waals surface area contributed by atoms with Gasteiger partial charge in [-0.05, 0) is 45.3 Å². The number of anilines is 1. The lowest BCUT2D eigenvalue weighted by molar-refractivity contribution is -0.146. The maximum Gasteiger partial charge on any atom is 0.408 e. The molecular weight excluding hydrogens is 524 g/mol. The lowest BCUT2D eigenvalue weighted by atomic mass is 10.2. The van der Waals surface area contributed by atoms with E-state index < -0.39 is 24.0 Å². The summed E-state index contributed by atoms with van der Waals surface area (Å²) in [6, 6.07) is 21.8. The molecule has 0 radical (unpaired) electrons. The number of alkyl carbamates (subject to hydrolysis) is 1. The van der Waals surface area contributed by atoms with Gasteiger partial charge in [0.25, 0.3) is 0 Å². The monoisotopic (exact) mass is 544 g/mol. The highest BCUT2D eigenvalue weighted by molar-refractivity contribution is 9.10. The van der Waals surface area contributed by atoms with E-state index in [4.69, 9.17) is 21.1 Å². The first kappa shape index (κ1) is 25.3. The number of benzene rings is 3. The number of hydrogen-bond donors (Lipinski definition) is 2. The second-order valence-electron chi connectivity index (χ2n) is 7.23. The smallest absolute Gasteiger partial charge is 0.408 e. The molecule has 0 aliphatic carbocycles. The van der Waals surface area contributed by atoms with Crippen LogP contribution in [0.25, 0.3) is 0 Å². The SMILES string of the molecule is O=C(C[C@H](NC(=O)OCc1ccccc1)C(=O)Nc1ccc(Cl)c(Br)c1)OCc1ccccc1. The van der Waals surface area contributed by atoms with Crippen molar-refractivity contribution in [2.75, 3.05) is 5.32 Å². The molecule has 0 saturated carbocycles. The molecule has 2 amide bonds. The summed E-state index contributed by atoms with van der Waals surface area (Å²) in [6.45, 7) is 0.0696. The molecule has 3 rings (SSSR count). The van der Waals surface area contributed by atoms with E-state index in [0.29, 0.717) is 15.2 Å². The molecule has 3 aromatic carbocycles. The normalized spacial score (nSPS) is 11.2. The van der Waals surface area contributed by atoms with Crippen molar-refractivity contribution in [2.24, 2.45) is 0 Å². The number of rotatable bonds is 9. The van der Waals surface area contributed by atoms with Crippen LogP contribution in [0.3, 0.4) is 0 Å². The average molecular weight is 546 g/mol. The van der Waals surface area contributed by atoms with Gasteiger partial charge in [-0.1, -0.05) is 72.3 Å². The minimum atomic E-state index is -1.22. The van der Waals surface area contributed by atoms with Crippen LogP contribution in [0.4, 0.5) is 10.5 Å². The fourth-order valence-corrected chi connectivity index (χ4v) is 3.38. The fourth-order valence-electron chi connectivity index (χ4n) is 2.88. The van der Waals surface area contributed by atoms with Crippen molar-refractivity contribution in [1.29, 1.82) is 0 Å². The molecule has 0 aliphatic rings. The molecule has 0 spiro atoms. The zero-order chi connectivity index (χ0) is 24.3. The van der Waals surface area contributed by atoms with Crippen molar-refractivity contribution in [3.8, 4) is 0 Å². The van der Waals surface area contributed by atoms with Crippen molar-refractivity contribution in [1.82, 2.24) is 5.32 Å². The first-order valence-corrected chi connectivity index (χ1v) is 11.5.